The molecule has 0 aliphatic carbocycles. The zero-order valence-electron chi connectivity index (χ0n) is 7.57. The van der Waals surface area contributed by atoms with Gasteiger partial charge in [-0.2, -0.15) is 9.37 Å². The second-order valence-corrected chi connectivity index (χ2v) is 3.13. The van der Waals surface area contributed by atoms with Crippen LogP contribution in [0.1, 0.15) is 6.42 Å². The highest BCUT2D eigenvalue weighted by molar-refractivity contribution is 5.47. The Labute approximate surface area is 80.8 Å². The average molecular weight is 198 g/mol. The Morgan fingerprint density at radius 1 is 1.57 bits per heavy atom. The molecule has 1 aliphatic rings. The fraction of sp³-hybridized carbons (Fsp3) is 0.444. The smallest absolute Gasteiger partial charge is 0.240 e. The second kappa shape index (κ2) is 3.79. The quantitative estimate of drug-likeness (QED) is 0.719. The molecule has 0 bridgehead atoms. The van der Waals surface area contributed by atoms with Crippen LogP contribution in [-0.4, -0.2) is 24.3 Å². The highest BCUT2D eigenvalue weighted by Gasteiger charge is 2.19. The lowest BCUT2D eigenvalue weighted by Crippen LogP contribution is -2.17. The molecule has 0 radical (unpaired) electrons. The number of nitrogens with two attached hydrogens (primary N) is 1. The van der Waals surface area contributed by atoms with Crippen LogP contribution in [0.3, 0.4) is 0 Å². The lowest BCUT2D eigenvalue weighted by Gasteiger charge is -2.11. The Bertz CT molecular complexity index is 327. The summed E-state index contributed by atoms with van der Waals surface area (Å²) in [6, 6.07) is 2.64. The van der Waals surface area contributed by atoms with E-state index in [2.05, 4.69) is 4.98 Å². The zero-order chi connectivity index (χ0) is 9.97. The second-order valence-electron chi connectivity index (χ2n) is 3.13. The molecule has 0 saturated carbocycles. The van der Waals surface area contributed by atoms with Gasteiger partial charge in [0.15, 0.2) is 0 Å². The van der Waals surface area contributed by atoms with Gasteiger partial charge in [-0.3, -0.25) is 0 Å². The summed E-state index contributed by atoms with van der Waals surface area (Å²) in [6.45, 7) is 1.18. The van der Waals surface area contributed by atoms with E-state index in [0.717, 1.165) is 6.42 Å². The van der Waals surface area contributed by atoms with Crippen LogP contribution in [0.2, 0.25) is 0 Å². The first-order chi connectivity index (χ1) is 6.75. The Morgan fingerprint density at radius 2 is 2.43 bits per heavy atom. The van der Waals surface area contributed by atoms with Crippen LogP contribution in [0, 0.1) is 5.95 Å². The van der Waals surface area contributed by atoms with Gasteiger partial charge < -0.3 is 15.2 Å². The van der Waals surface area contributed by atoms with Crippen molar-refractivity contribution in [3.8, 4) is 5.88 Å². The van der Waals surface area contributed by atoms with Crippen molar-refractivity contribution in [2.24, 2.45) is 0 Å². The number of pyridine rings is 1. The number of nitrogen functional groups attached to an aromatic ring is 1. The third-order valence-electron chi connectivity index (χ3n) is 2.02. The number of rotatable bonds is 2. The molecule has 5 heteroatoms. The third-order valence-corrected chi connectivity index (χ3v) is 2.02. The first-order valence-electron chi connectivity index (χ1n) is 4.42. The number of anilines is 1. The summed E-state index contributed by atoms with van der Waals surface area (Å²) in [7, 11) is 0. The molecule has 1 saturated heterocycles. The number of nitrogens with zero attached hydrogens (tertiary/aromatic N) is 1. The van der Waals surface area contributed by atoms with E-state index in [0.29, 0.717) is 18.9 Å². The monoisotopic (exact) mass is 198 g/mol. The van der Waals surface area contributed by atoms with Gasteiger partial charge in [-0.25, -0.2) is 0 Å². The highest BCUT2D eigenvalue weighted by Crippen LogP contribution is 2.21. The van der Waals surface area contributed by atoms with Crippen LogP contribution in [0.15, 0.2) is 12.1 Å². The molecule has 4 nitrogen and oxygen atoms in total. The van der Waals surface area contributed by atoms with Gasteiger partial charge in [0.25, 0.3) is 0 Å². The SMILES string of the molecule is Nc1ccc(F)nc1OC1CCOC1. The van der Waals surface area contributed by atoms with Crippen LogP contribution < -0.4 is 10.5 Å². The van der Waals surface area contributed by atoms with E-state index in [1.54, 1.807) is 0 Å². The molecule has 2 heterocycles. The molecule has 1 aromatic rings. The molecule has 76 valence electrons. The normalized spacial score (nSPS) is 21.1. The van der Waals surface area contributed by atoms with Crippen LogP contribution >= 0.6 is 0 Å². The fourth-order valence-electron chi connectivity index (χ4n) is 1.29. The molecule has 14 heavy (non-hydrogen) atoms. The van der Waals surface area contributed by atoms with E-state index in [1.165, 1.54) is 12.1 Å². The van der Waals surface area contributed by atoms with Crippen molar-refractivity contribution in [3.63, 3.8) is 0 Å². The largest absolute Gasteiger partial charge is 0.470 e. The Morgan fingerprint density at radius 3 is 3.14 bits per heavy atom. The molecule has 1 atom stereocenters. The van der Waals surface area contributed by atoms with Gasteiger partial charge in [0.1, 0.15) is 6.10 Å². The van der Waals surface area contributed by atoms with E-state index in [1.807, 2.05) is 0 Å². The van der Waals surface area contributed by atoms with Crippen LogP contribution in [0.25, 0.3) is 0 Å². The predicted molar refractivity (Wildman–Crippen MR) is 48.5 cm³/mol. The van der Waals surface area contributed by atoms with Gasteiger partial charge in [0.2, 0.25) is 11.8 Å². The van der Waals surface area contributed by atoms with Gasteiger partial charge in [0, 0.05) is 6.42 Å². The van der Waals surface area contributed by atoms with E-state index in [-0.39, 0.29) is 12.0 Å². The predicted octanol–water partition coefficient (Wildman–Crippen LogP) is 0.971. The summed E-state index contributed by atoms with van der Waals surface area (Å²) in [5, 5.41) is 0. The van der Waals surface area contributed by atoms with Crippen molar-refractivity contribution in [2.45, 2.75) is 12.5 Å². The van der Waals surface area contributed by atoms with Crippen LogP contribution in [0.4, 0.5) is 10.1 Å². The molecular formula is C9H11FN2O2. The number of aromatic nitrogens is 1. The number of hydrogen-bond acceptors (Lipinski definition) is 4. The summed E-state index contributed by atoms with van der Waals surface area (Å²) in [6.07, 6.45) is 0.726. The lowest BCUT2D eigenvalue weighted by atomic mass is 10.3. The number of ether oxygens (including phenoxy) is 2. The topological polar surface area (TPSA) is 57.4 Å². The Balaban J connectivity index is 2.10. The number of halogens is 1. The molecular weight excluding hydrogens is 187 g/mol. The highest BCUT2D eigenvalue weighted by atomic mass is 19.1. The van der Waals surface area contributed by atoms with E-state index in [9.17, 15) is 4.39 Å². The molecule has 2 N–H and O–H groups in total. The first-order valence-corrected chi connectivity index (χ1v) is 4.42. The molecule has 2 rings (SSSR count). The first kappa shape index (κ1) is 9.21. The van der Waals surface area contributed by atoms with Gasteiger partial charge in [0.05, 0.1) is 18.9 Å². The zero-order valence-corrected chi connectivity index (χ0v) is 7.57. The van der Waals surface area contributed by atoms with E-state index >= 15 is 0 Å². The van der Waals surface area contributed by atoms with Gasteiger partial charge in [-0.15, -0.1) is 0 Å². The minimum Gasteiger partial charge on any atom is -0.470 e. The Hall–Kier alpha value is -1.36. The van der Waals surface area contributed by atoms with Crippen LogP contribution in [-0.2, 0) is 4.74 Å². The van der Waals surface area contributed by atoms with Crippen molar-refractivity contribution in [1.82, 2.24) is 4.98 Å². The van der Waals surface area contributed by atoms with Crippen molar-refractivity contribution in [1.29, 1.82) is 0 Å². The minimum atomic E-state index is -0.590. The van der Waals surface area contributed by atoms with E-state index in [4.69, 9.17) is 15.2 Å². The molecule has 1 aliphatic heterocycles. The molecule has 0 aromatic carbocycles. The number of hydrogen-bond donors (Lipinski definition) is 1. The maximum absolute atomic E-state index is 12.7. The molecule has 0 amide bonds. The van der Waals surface area contributed by atoms with Crippen molar-refractivity contribution >= 4 is 5.69 Å². The summed E-state index contributed by atoms with van der Waals surface area (Å²) >= 11 is 0. The van der Waals surface area contributed by atoms with Gasteiger partial charge >= 0.3 is 0 Å². The van der Waals surface area contributed by atoms with Crippen molar-refractivity contribution in [3.05, 3.63) is 18.1 Å². The summed E-state index contributed by atoms with van der Waals surface area (Å²) in [4.78, 5) is 3.57. The molecule has 1 fully saturated rings. The molecule has 1 unspecified atom stereocenters. The maximum Gasteiger partial charge on any atom is 0.240 e. The van der Waals surface area contributed by atoms with E-state index < -0.39 is 5.95 Å². The third kappa shape index (κ3) is 1.93. The van der Waals surface area contributed by atoms with Gasteiger partial charge in [-0.05, 0) is 12.1 Å². The standard InChI is InChI=1S/C9H11FN2O2/c10-8-2-1-7(11)9(12-8)14-6-3-4-13-5-6/h1-2,6H,3-5,11H2. The minimum absolute atomic E-state index is 0.0633. The lowest BCUT2D eigenvalue weighted by molar-refractivity contribution is 0.138. The van der Waals surface area contributed by atoms with Crippen LogP contribution in [0.5, 0.6) is 5.88 Å². The summed E-state index contributed by atoms with van der Waals surface area (Å²) in [5.41, 5.74) is 5.92. The maximum atomic E-state index is 12.7. The molecule has 1 aromatic heterocycles. The molecule has 0 spiro atoms. The average Bonchev–Trinajstić information content (AvgIpc) is 2.64. The summed E-state index contributed by atoms with van der Waals surface area (Å²) in [5.74, 6) is -0.436. The fourth-order valence-corrected chi connectivity index (χ4v) is 1.29. The van der Waals surface area contributed by atoms with Crippen molar-refractivity contribution < 1.29 is 13.9 Å². The van der Waals surface area contributed by atoms with Crippen molar-refractivity contribution in [2.75, 3.05) is 18.9 Å². The Kier molecular flexibility index (Phi) is 2.49. The van der Waals surface area contributed by atoms with Gasteiger partial charge in [-0.1, -0.05) is 0 Å². The summed E-state index contributed by atoms with van der Waals surface area (Å²) < 4.78 is 23.2.